The van der Waals surface area contributed by atoms with Crippen LogP contribution in [0.4, 0.5) is 0 Å². The molecule has 1 aliphatic carbocycles. The third kappa shape index (κ3) is 9.69. The lowest BCUT2D eigenvalue weighted by atomic mass is 9.95. The molecule has 9 heteroatoms. The maximum atomic E-state index is 13.7. The van der Waals surface area contributed by atoms with Crippen molar-refractivity contribution in [3.63, 3.8) is 0 Å². The molecule has 1 heterocycles. The summed E-state index contributed by atoms with van der Waals surface area (Å²) in [6.45, 7) is 10.7. The highest BCUT2D eigenvalue weighted by Gasteiger charge is 2.34. The molecule has 0 aromatic heterocycles. The number of nitrogens with one attached hydrogen (secondary N) is 1. The van der Waals surface area contributed by atoms with Crippen LogP contribution in [-0.4, -0.2) is 86.3 Å². The number of carbonyl (C=O) groups excluding carboxylic acids is 2. The summed E-state index contributed by atoms with van der Waals surface area (Å²) in [5, 5.41) is 3.67. The van der Waals surface area contributed by atoms with Crippen molar-refractivity contribution in [3.05, 3.63) is 35.4 Å². The molecule has 0 radical (unpaired) electrons. The van der Waals surface area contributed by atoms with Gasteiger partial charge in [0.05, 0.1) is 13.7 Å². The molecule has 1 saturated heterocycles. The van der Waals surface area contributed by atoms with Crippen LogP contribution in [0, 0.1) is 0 Å². The van der Waals surface area contributed by atoms with Gasteiger partial charge in [-0.15, -0.1) is 12.4 Å². The van der Waals surface area contributed by atoms with Crippen LogP contribution in [0.2, 0.25) is 0 Å². The number of amides is 2. The summed E-state index contributed by atoms with van der Waals surface area (Å²) in [4.78, 5) is 30.4. The van der Waals surface area contributed by atoms with E-state index < -0.39 is 0 Å². The van der Waals surface area contributed by atoms with Crippen molar-refractivity contribution < 1.29 is 23.8 Å². The molecule has 1 aliphatic heterocycles. The third-order valence-corrected chi connectivity index (χ3v) is 7.24. The Kier molecular flexibility index (Phi) is 13.6. The van der Waals surface area contributed by atoms with Crippen LogP contribution >= 0.6 is 12.4 Å². The fourth-order valence-electron chi connectivity index (χ4n) is 5.15. The van der Waals surface area contributed by atoms with Gasteiger partial charge in [-0.1, -0.05) is 5.57 Å². The zero-order valence-electron chi connectivity index (χ0n) is 24.5. The third-order valence-electron chi connectivity index (χ3n) is 7.24. The Balaban J connectivity index is 0.00000533. The van der Waals surface area contributed by atoms with Crippen LogP contribution in [0.1, 0.15) is 76.6 Å². The minimum absolute atomic E-state index is 0. The molecule has 2 amide bonds. The fraction of sp³-hybridized carbons (Fsp3) is 0.667. The summed E-state index contributed by atoms with van der Waals surface area (Å²) in [6.07, 6.45) is 7.58. The van der Waals surface area contributed by atoms with Gasteiger partial charge in [-0.3, -0.25) is 9.59 Å². The molecule has 39 heavy (non-hydrogen) atoms. The first-order valence-corrected chi connectivity index (χ1v) is 14.1. The van der Waals surface area contributed by atoms with Gasteiger partial charge in [-0.2, -0.15) is 0 Å². The molecule has 1 saturated carbocycles. The molecule has 1 aromatic rings. The van der Waals surface area contributed by atoms with Crippen LogP contribution in [0.5, 0.6) is 11.5 Å². The van der Waals surface area contributed by atoms with Crippen molar-refractivity contribution in [2.45, 2.75) is 90.4 Å². The summed E-state index contributed by atoms with van der Waals surface area (Å²) < 4.78 is 16.4. The first kappa shape index (κ1) is 32.9. The van der Waals surface area contributed by atoms with Gasteiger partial charge in [0, 0.05) is 69.0 Å². The number of allylic oxidation sites excluding steroid dienone is 1. The van der Waals surface area contributed by atoms with Crippen LogP contribution < -0.4 is 14.8 Å². The molecule has 2 fully saturated rings. The van der Waals surface area contributed by atoms with Crippen molar-refractivity contribution in [2.24, 2.45) is 0 Å². The Hall–Kier alpha value is -2.29. The topological polar surface area (TPSA) is 80.3 Å². The highest BCUT2D eigenvalue weighted by atomic mass is 35.5. The SMILES string of the molecule is COCCCOc1cc(C(=O)N(C(C)C)[C@@H]2CC[C@H](CCN(C(=O)C=C(C)C)C3CC3)NC2)ccc1OC.Cl. The maximum Gasteiger partial charge on any atom is 0.254 e. The summed E-state index contributed by atoms with van der Waals surface area (Å²) in [5.74, 6) is 1.32. The van der Waals surface area contributed by atoms with Crippen molar-refractivity contribution in [1.29, 1.82) is 0 Å². The van der Waals surface area contributed by atoms with Crippen LogP contribution in [-0.2, 0) is 9.53 Å². The van der Waals surface area contributed by atoms with Crippen molar-refractivity contribution in [1.82, 2.24) is 15.1 Å². The minimum Gasteiger partial charge on any atom is -0.493 e. The van der Waals surface area contributed by atoms with Gasteiger partial charge in [0.2, 0.25) is 5.91 Å². The van der Waals surface area contributed by atoms with E-state index >= 15 is 0 Å². The highest BCUT2D eigenvalue weighted by Crippen LogP contribution is 2.31. The van der Waals surface area contributed by atoms with Gasteiger partial charge in [0.1, 0.15) is 0 Å². The van der Waals surface area contributed by atoms with E-state index in [9.17, 15) is 9.59 Å². The zero-order valence-corrected chi connectivity index (χ0v) is 25.4. The number of hydrogen-bond donors (Lipinski definition) is 1. The quantitative estimate of drug-likeness (QED) is 0.256. The number of methoxy groups -OCH3 is 2. The maximum absolute atomic E-state index is 13.7. The number of hydrogen-bond acceptors (Lipinski definition) is 6. The van der Waals surface area contributed by atoms with E-state index in [1.807, 2.05) is 29.7 Å². The minimum atomic E-state index is 0. The molecule has 1 aromatic carbocycles. The Morgan fingerprint density at radius 3 is 2.33 bits per heavy atom. The van der Waals surface area contributed by atoms with Gasteiger partial charge in [0.25, 0.3) is 5.91 Å². The van der Waals surface area contributed by atoms with E-state index in [1.54, 1.807) is 32.4 Å². The molecule has 0 spiro atoms. The van der Waals surface area contributed by atoms with E-state index in [-0.39, 0.29) is 36.3 Å². The first-order chi connectivity index (χ1) is 18.2. The highest BCUT2D eigenvalue weighted by molar-refractivity contribution is 5.95. The monoisotopic (exact) mass is 565 g/mol. The number of nitrogens with zero attached hydrogens (tertiary/aromatic N) is 2. The predicted octanol–water partition coefficient (Wildman–Crippen LogP) is 4.85. The predicted molar refractivity (Wildman–Crippen MR) is 157 cm³/mol. The van der Waals surface area contributed by atoms with Gasteiger partial charge < -0.3 is 29.3 Å². The standard InChI is InChI=1S/C30H47N3O5.ClH/c1-21(2)18-29(34)32(25-11-12-25)15-14-24-9-10-26(20-31-24)33(22(3)4)30(35)23-8-13-27(37-6)28(19-23)38-17-7-16-36-5;/h8,13,18-19,22,24-26,31H,7,9-12,14-17,20H2,1-6H3;1H/t24-,26-;/m1./s1. The molecule has 220 valence electrons. The molecule has 0 bridgehead atoms. The molecule has 3 rings (SSSR count). The molecule has 1 N–H and O–H groups in total. The lowest BCUT2D eigenvalue weighted by Crippen LogP contribution is -2.54. The van der Waals surface area contributed by atoms with E-state index in [0.717, 1.165) is 57.2 Å². The number of rotatable bonds is 14. The van der Waals surface area contributed by atoms with Gasteiger partial charge in [-0.05, 0) is 78.0 Å². The molecular weight excluding hydrogens is 518 g/mol. The second-order valence-electron chi connectivity index (χ2n) is 11.0. The van der Waals surface area contributed by atoms with Crippen molar-refractivity contribution in [2.75, 3.05) is 40.5 Å². The number of halogens is 1. The van der Waals surface area contributed by atoms with Crippen molar-refractivity contribution in [3.8, 4) is 11.5 Å². The van der Waals surface area contributed by atoms with Crippen LogP contribution in [0.25, 0.3) is 0 Å². The van der Waals surface area contributed by atoms with E-state index in [4.69, 9.17) is 14.2 Å². The number of ether oxygens (including phenoxy) is 3. The molecule has 2 aliphatic rings. The summed E-state index contributed by atoms with van der Waals surface area (Å²) in [5.41, 5.74) is 1.64. The smallest absolute Gasteiger partial charge is 0.254 e. The summed E-state index contributed by atoms with van der Waals surface area (Å²) in [7, 11) is 3.27. The van der Waals surface area contributed by atoms with E-state index in [1.165, 1.54) is 0 Å². The fourth-order valence-corrected chi connectivity index (χ4v) is 5.15. The average Bonchev–Trinajstić information content (AvgIpc) is 3.72. The Bertz CT molecular complexity index is 954. The second kappa shape index (κ2) is 16.1. The Morgan fingerprint density at radius 1 is 1.05 bits per heavy atom. The van der Waals surface area contributed by atoms with E-state index in [0.29, 0.717) is 42.4 Å². The molecular formula is C30H48ClN3O5. The van der Waals surface area contributed by atoms with Crippen molar-refractivity contribution >= 4 is 24.2 Å². The molecule has 2 atom stereocenters. The Morgan fingerprint density at radius 2 is 1.77 bits per heavy atom. The van der Waals surface area contributed by atoms with Gasteiger partial charge in [0.15, 0.2) is 11.5 Å². The summed E-state index contributed by atoms with van der Waals surface area (Å²) in [6, 6.07) is 6.33. The number of piperidine rings is 1. The van der Waals surface area contributed by atoms with E-state index in [2.05, 4.69) is 19.2 Å². The Labute approximate surface area is 240 Å². The first-order valence-electron chi connectivity index (χ1n) is 14.1. The number of carbonyl (C=O) groups is 2. The van der Waals surface area contributed by atoms with Gasteiger partial charge in [-0.25, -0.2) is 0 Å². The summed E-state index contributed by atoms with van der Waals surface area (Å²) >= 11 is 0. The molecule has 0 unspecified atom stereocenters. The molecule has 8 nitrogen and oxygen atoms in total. The largest absolute Gasteiger partial charge is 0.493 e. The lowest BCUT2D eigenvalue weighted by Gasteiger charge is -2.40. The lowest BCUT2D eigenvalue weighted by molar-refractivity contribution is -0.126. The van der Waals surface area contributed by atoms with Gasteiger partial charge >= 0.3 is 0 Å². The zero-order chi connectivity index (χ0) is 27.7. The van der Waals surface area contributed by atoms with Crippen LogP contribution in [0.3, 0.4) is 0 Å². The van der Waals surface area contributed by atoms with Crippen LogP contribution in [0.15, 0.2) is 29.8 Å². The second-order valence-corrected chi connectivity index (χ2v) is 11.0. The number of benzene rings is 1. The normalized spacial score (nSPS) is 18.6. The average molecular weight is 566 g/mol.